The Morgan fingerprint density at radius 1 is 1.06 bits per heavy atom. The van der Waals surface area contributed by atoms with E-state index >= 15 is 0 Å². The smallest absolute Gasteiger partial charge is 0.253 e. The summed E-state index contributed by atoms with van der Waals surface area (Å²) in [7, 11) is -3.49. The van der Waals surface area contributed by atoms with Gasteiger partial charge in [-0.15, -0.1) is 0 Å². The minimum Gasteiger partial charge on any atom is -0.350 e. The minimum atomic E-state index is -3.49. The van der Waals surface area contributed by atoms with E-state index in [0.717, 1.165) is 23.8 Å². The summed E-state index contributed by atoms with van der Waals surface area (Å²) < 4.78 is 25.9. The van der Waals surface area contributed by atoms with Crippen LogP contribution in [0.3, 0.4) is 0 Å². The highest BCUT2D eigenvalue weighted by Gasteiger charge is 2.19. The standard InChI is InChI=1S/C24H33N3O4S/c1-6-19(4)25-24(29)21-10-7-8-11-22(21)26-23(28)12-9-15-27(32(5,30)31)20-14-13-17(2)18(3)16-20/h7-8,10-11,13-14,16,19H,6,9,12,15H2,1-5H3,(H,25,29)(H,26,28)/t19-/m1/s1. The third-order valence-electron chi connectivity index (χ3n) is 5.38. The van der Waals surface area contributed by atoms with Gasteiger partial charge in [0.25, 0.3) is 5.91 Å². The van der Waals surface area contributed by atoms with Crippen LogP contribution in [-0.4, -0.2) is 39.1 Å². The first-order chi connectivity index (χ1) is 15.0. The molecule has 2 aromatic rings. The summed E-state index contributed by atoms with van der Waals surface area (Å²) >= 11 is 0. The van der Waals surface area contributed by atoms with Crippen LogP contribution in [0.4, 0.5) is 11.4 Å². The van der Waals surface area contributed by atoms with Gasteiger partial charge in [-0.3, -0.25) is 13.9 Å². The van der Waals surface area contributed by atoms with E-state index in [4.69, 9.17) is 0 Å². The average molecular weight is 460 g/mol. The molecule has 0 spiro atoms. The lowest BCUT2D eigenvalue weighted by atomic mass is 10.1. The van der Waals surface area contributed by atoms with Gasteiger partial charge in [0, 0.05) is 19.0 Å². The van der Waals surface area contributed by atoms with E-state index < -0.39 is 10.0 Å². The van der Waals surface area contributed by atoms with Crippen LogP contribution in [0.2, 0.25) is 0 Å². The van der Waals surface area contributed by atoms with Crippen LogP contribution in [0.15, 0.2) is 42.5 Å². The van der Waals surface area contributed by atoms with Gasteiger partial charge in [0.15, 0.2) is 0 Å². The fourth-order valence-electron chi connectivity index (χ4n) is 3.16. The molecule has 0 aromatic heterocycles. The molecule has 0 heterocycles. The maximum absolute atomic E-state index is 12.5. The molecule has 2 amide bonds. The van der Waals surface area contributed by atoms with Crippen LogP contribution in [0, 0.1) is 13.8 Å². The van der Waals surface area contributed by atoms with Crippen LogP contribution < -0.4 is 14.9 Å². The van der Waals surface area contributed by atoms with Crippen molar-refractivity contribution in [3.8, 4) is 0 Å². The molecule has 0 radical (unpaired) electrons. The number of para-hydroxylation sites is 1. The number of sulfonamides is 1. The van der Waals surface area contributed by atoms with Gasteiger partial charge in [-0.25, -0.2) is 8.42 Å². The first kappa shape index (κ1) is 25.4. The zero-order chi connectivity index (χ0) is 23.9. The molecule has 2 rings (SSSR count). The quantitative estimate of drug-likeness (QED) is 0.561. The van der Waals surface area contributed by atoms with E-state index in [-0.39, 0.29) is 30.8 Å². The molecule has 2 aromatic carbocycles. The third kappa shape index (κ3) is 7.09. The van der Waals surface area contributed by atoms with Gasteiger partial charge in [0.1, 0.15) is 0 Å². The van der Waals surface area contributed by atoms with E-state index in [1.54, 1.807) is 30.3 Å². The second-order valence-corrected chi connectivity index (χ2v) is 9.99. The molecule has 174 valence electrons. The van der Waals surface area contributed by atoms with Crippen LogP contribution >= 0.6 is 0 Å². The number of carbonyl (C=O) groups excluding carboxylic acids is 2. The summed E-state index contributed by atoms with van der Waals surface area (Å²) in [6, 6.07) is 12.4. The number of carbonyl (C=O) groups is 2. The number of nitrogens with zero attached hydrogens (tertiary/aromatic N) is 1. The van der Waals surface area contributed by atoms with Crippen molar-refractivity contribution in [2.75, 3.05) is 22.4 Å². The predicted molar refractivity (Wildman–Crippen MR) is 130 cm³/mol. The number of benzene rings is 2. The second kappa shape index (κ2) is 11.1. The van der Waals surface area contributed by atoms with Gasteiger partial charge in [0.2, 0.25) is 15.9 Å². The molecule has 0 unspecified atom stereocenters. The van der Waals surface area contributed by atoms with Crippen molar-refractivity contribution in [3.05, 3.63) is 59.2 Å². The Labute approximate surface area is 191 Å². The Kier molecular flexibility index (Phi) is 8.83. The Morgan fingerprint density at radius 2 is 1.75 bits per heavy atom. The van der Waals surface area contributed by atoms with Gasteiger partial charge in [-0.05, 0) is 69.0 Å². The van der Waals surface area contributed by atoms with Crippen molar-refractivity contribution in [1.82, 2.24) is 5.32 Å². The lowest BCUT2D eigenvalue weighted by molar-refractivity contribution is -0.116. The zero-order valence-electron chi connectivity index (χ0n) is 19.4. The normalized spacial score (nSPS) is 12.2. The average Bonchev–Trinajstić information content (AvgIpc) is 2.72. The molecule has 0 bridgehead atoms. The highest BCUT2D eigenvalue weighted by molar-refractivity contribution is 7.92. The molecular formula is C24H33N3O4S. The first-order valence-corrected chi connectivity index (χ1v) is 12.6. The highest BCUT2D eigenvalue weighted by atomic mass is 32.2. The minimum absolute atomic E-state index is 0.0265. The van der Waals surface area contributed by atoms with E-state index in [2.05, 4.69) is 10.6 Å². The maximum Gasteiger partial charge on any atom is 0.253 e. The summed E-state index contributed by atoms with van der Waals surface area (Å²) in [4.78, 5) is 25.0. The van der Waals surface area contributed by atoms with Gasteiger partial charge in [0.05, 0.1) is 23.2 Å². The Hall–Kier alpha value is -2.87. The third-order valence-corrected chi connectivity index (χ3v) is 6.57. The SMILES string of the molecule is CC[C@@H](C)NC(=O)c1ccccc1NC(=O)CCCN(c1ccc(C)c(C)c1)S(C)(=O)=O. The van der Waals surface area contributed by atoms with Gasteiger partial charge < -0.3 is 10.6 Å². The molecular weight excluding hydrogens is 426 g/mol. The molecule has 2 N–H and O–H groups in total. The van der Waals surface area contributed by atoms with Crippen molar-refractivity contribution < 1.29 is 18.0 Å². The number of nitrogens with one attached hydrogen (secondary N) is 2. The van der Waals surface area contributed by atoms with Crippen molar-refractivity contribution in [1.29, 1.82) is 0 Å². The van der Waals surface area contributed by atoms with Crippen LogP contribution in [-0.2, 0) is 14.8 Å². The van der Waals surface area contributed by atoms with E-state index in [1.165, 1.54) is 4.31 Å². The van der Waals surface area contributed by atoms with Crippen LogP contribution in [0.25, 0.3) is 0 Å². The summed E-state index contributed by atoms with van der Waals surface area (Å²) in [6.07, 6.45) is 2.43. The fraction of sp³-hybridized carbons (Fsp3) is 0.417. The van der Waals surface area contributed by atoms with Crippen molar-refractivity contribution in [2.45, 2.75) is 53.0 Å². The summed E-state index contributed by atoms with van der Waals surface area (Å²) in [5.74, 6) is -0.518. The monoisotopic (exact) mass is 459 g/mol. The number of rotatable bonds is 10. The highest BCUT2D eigenvalue weighted by Crippen LogP contribution is 2.22. The molecule has 0 aliphatic carbocycles. The summed E-state index contributed by atoms with van der Waals surface area (Å²) in [6.45, 7) is 7.99. The Morgan fingerprint density at radius 3 is 2.38 bits per heavy atom. The van der Waals surface area contributed by atoms with Crippen LogP contribution in [0.5, 0.6) is 0 Å². The first-order valence-electron chi connectivity index (χ1n) is 10.8. The molecule has 0 saturated heterocycles. The fourth-order valence-corrected chi connectivity index (χ4v) is 4.11. The number of amides is 2. The Balaban J connectivity index is 2.03. The lowest BCUT2D eigenvalue weighted by Crippen LogP contribution is -2.33. The van der Waals surface area contributed by atoms with E-state index in [0.29, 0.717) is 23.4 Å². The maximum atomic E-state index is 12.5. The number of anilines is 2. The number of aryl methyl sites for hydroxylation is 2. The summed E-state index contributed by atoms with van der Waals surface area (Å²) in [5, 5.41) is 5.68. The lowest BCUT2D eigenvalue weighted by Gasteiger charge is -2.23. The molecule has 0 aliphatic rings. The topological polar surface area (TPSA) is 95.6 Å². The Bertz CT molecular complexity index is 1070. The van der Waals surface area contributed by atoms with Crippen molar-refractivity contribution in [3.63, 3.8) is 0 Å². The molecule has 8 heteroatoms. The number of hydrogen-bond acceptors (Lipinski definition) is 4. The molecule has 0 aliphatic heterocycles. The van der Waals surface area contributed by atoms with E-state index in [1.807, 2.05) is 39.8 Å². The van der Waals surface area contributed by atoms with Crippen molar-refractivity contribution in [2.24, 2.45) is 0 Å². The summed E-state index contributed by atoms with van der Waals surface area (Å²) in [5.41, 5.74) is 3.50. The zero-order valence-corrected chi connectivity index (χ0v) is 20.3. The predicted octanol–water partition coefficient (Wildman–Crippen LogP) is 4.02. The van der Waals surface area contributed by atoms with Gasteiger partial charge in [-0.2, -0.15) is 0 Å². The molecule has 7 nitrogen and oxygen atoms in total. The molecule has 32 heavy (non-hydrogen) atoms. The number of hydrogen-bond donors (Lipinski definition) is 2. The molecule has 0 fully saturated rings. The molecule has 0 saturated carbocycles. The van der Waals surface area contributed by atoms with Crippen molar-refractivity contribution >= 4 is 33.2 Å². The van der Waals surface area contributed by atoms with Gasteiger partial charge >= 0.3 is 0 Å². The van der Waals surface area contributed by atoms with Gasteiger partial charge in [-0.1, -0.05) is 25.1 Å². The van der Waals surface area contributed by atoms with Crippen LogP contribution in [0.1, 0.15) is 54.6 Å². The second-order valence-electron chi connectivity index (χ2n) is 8.08. The molecule has 1 atom stereocenters. The largest absolute Gasteiger partial charge is 0.350 e. The van der Waals surface area contributed by atoms with E-state index in [9.17, 15) is 18.0 Å².